The largest absolute Gasteiger partial charge is 0.433 e. The Kier molecular flexibility index (Phi) is 4.60. The summed E-state index contributed by atoms with van der Waals surface area (Å²) in [6.45, 7) is 0.328. The Bertz CT molecular complexity index is 1070. The number of halogens is 3. The van der Waals surface area contributed by atoms with E-state index in [-0.39, 0.29) is 0 Å². The lowest BCUT2D eigenvalue weighted by Crippen LogP contribution is -2.08. The maximum absolute atomic E-state index is 12.6. The summed E-state index contributed by atoms with van der Waals surface area (Å²) in [4.78, 5) is 11.8. The maximum Gasteiger partial charge on any atom is 0.433 e. The van der Waals surface area contributed by atoms with Gasteiger partial charge in [-0.3, -0.25) is 19.6 Å². The van der Waals surface area contributed by atoms with Crippen LogP contribution in [0.25, 0.3) is 22.5 Å². The summed E-state index contributed by atoms with van der Waals surface area (Å²) < 4.78 is 39.5. The predicted molar refractivity (Wildman–Crippen MR) is 97.0 cm³/mol. The molecule has 4 aromatic rings. The molecule has 0 saturated heterocycles. The molecule has 4 rings (SSSR count). The van der Waals surface area contributed by atoms with Crippen molar-refractivity contribution >= 4 is 0 Å². The fourth-order valence-electron chi connectivity index (χ4n) is 2.76. The Labute approximate surface area is 158 Å². The number of hydrogen-bond donors (Lipinski definition) is 0. The number of hydrogen-bond acceptors (Lipinski definition) is 4. The van der Waals surface area contributed by atoms with Gasteiger partial charge in [0.15, 0.2) is 0 Å². The van der Waals surface area contributed by atoms with Crippen molar-refractivity contribution in [2.45, 2.75) is 12.7 Å². The molecule has 0 atom stereocenters. The minimum Gasteiger partial charge on any atom is -0.268 e. The van der Waals surface area contributed by atoms with E-state index in [1.165, 1.54) is 12.3 Å². The van der Waals surface area contributed by atoms with Crippen LogP contribution in [0.4, 0.5) is 13.2 Å². The van der Waals surface area contributed by atoms with E-state index in [0.29, 0.717) is 12.1 Å². The fourth-order valence-corrected chi connectivity index (χ4v) is 2.76. The van der Waals surface area contributed by atoms with Crippen LogP contribution < -0.4 is 0 Å². The minimum atomic E-state index is -4.44. The summed E-state index contributed by atoms with van der Waals surface area (Å²) in [6.07, 6.45) is 3.50. The molecule has 0 bridgehead atoms. The van der Waals surface area contributed by atoms with Gasteiger partial charge < -0.3 is 0 Å². The zero-order valence-corrected chi connectivity index (χ0v) is 14.5. The number of nitrogens with zero attached hydrogens (tertiary/aromatic N) is 5. The zero-order valence-electron chi connectivity index (χ0n) is 14.5. The molecule has 3 aromatic heterocycles. The summed E-state index contributed by atoms with van der Waals surface area (Å²) >= 11 is 0. The Hall–Kier alpha value is -3.55. The lowest BCUT2D eigenvalue weighted by Gasteiger charge is -2.07. The molecule has 0 aliphatic rings. The van der Waals surface area contributed by atoms with Crippen molar-refractivity contribution in [2.24, 2.45) is 0 Å². The standard InChI is InChI=1S/C20H14F3N5/c21-20(22,23)19-5-4-14(11-26-19)13-28-9-6-17(27-28)15-2-1-3-16(10-15)18-12-24-7-8-25-18/h1-12H,13H2. The van der Waals surface area contributed by atoms with E-state index in [1.54, 1.807) is 29.5 Å². The third-order valence-electron chi connectivity index (χ3n) is 4.12. The van der Waals surface area contributed by atoms with Crippen LogP contribution in [-0.4, -0.2) is 24.7 Å². The van der Waals surface area contributed by atoms with Gasteiger partial charge in [0.2, 0.25) is 0 Å². The summed E-state index contributed by atoms with van der Waals surface area (Å²) in [7, 11) is 0. The molecule has 0 fully saturated rings. The molecule has 0 N–H and O–H groups in total. The molecule has 0 amide bonds. The van der Waals surface area contributed by atoms with E-state index in [0.717, 1.165) is 28.6 Å². The Morgan fingerprint density at radius 3 is 2.36 bits per heavy atom. The van der Waals surface area contributed by atoms with Gasteiger partial charge in [-0.15, -0.1) is 0 Å². The molecule has 8 heteroatoms. The highest BCUT2D eigenvalue weighted by atomic mass is 19.4. The van der Waals surface area contributed by atoms with Crippen molar-refractivity contribution in [1.29, 1.82) is 0 Å². The van der Waals surface area contributed by atoms with Crippen LogP contribution in [0.5, 0.6) is 0 Å². The average molecular weight is 381 g/mol. The summed E-state index contributed by atoms with van der Waals surface area (Å²) in [5.74, 6) is 0. The van der Waals surface area contributed by atoms with E-state index in [4.69, 9.17) is 0 Å². The number of rotatable bonds is 4. The van der Waals surface area contributed by atoms with Crippen molar-refractivity contribution in [3.63, 3.8) is 0 Å². The molecule has 0 aliphatic carbocycles. The van der Waals surface area contributed by atoms with Gasteiger partial charge in [0.25, 0.3) is 0 Å². The van der Waals surface area contributed by atoms with Crippen LogP contribution in [0.15, 0.2) is 73.4 Å². The predicted octanol–water partition coefficient (Wildman–Crippen LogP) is 4.47. The fraction of sp³-hybridized carbons (Fsp3) is 0.100. The van der Waals surface area contributed by atoms with Gasteiger partial charge in [-0.1, -0.05) is 24.3 Å². The molecular weight excluding hydrogens is 367 g/mol. The quantitative estimate of drug-likeness (QED) is 0.523. The van der Waals surface area contributed by atoms with Crippen LogP contribution in [0.1, 0.15) is 11.3 Å². The van der Waals surface area contributed by atoms with Crippen LogP contribution in [-0.2, 0) is 12.7 Å². The molecule has 0 unspecified atom stereocenters. The molecular formula is C20H14F3N5. The highest BCUT2D eigenvalue weighted by Gasteiger charge is 2.31. The number of pyridine rings is 1. The Morgan fingerprint density at radius 2 is 1.68 bits per heavy atom. The zero-order chi connectivity index (χ0) is 19.6. The van der Waals surface area contributed by atoms with E-state index in [9.17, 15) is 13.2 Å². The van der Waals surface area contributed by atoms with E-state index in [1.807, 2.05) is 30.3 Å². The molecule has 5 nitrogen and oxygen atoms in total. The first kappa shape index (κ1) is 17.8. The molecule has 1 aromatic carbocycles. The van der Waals surface area contributed by atoms with E-state index in [2.05, 4.69) is 20.1 Å². The second-order valence-electron chi connectivity index (χ2n) is 6.12. The summed E-state index contributed by atoms with van der Waals surface area (Å²) in [6, 6.07) is 12.0. The van der Waals surface area contributed by atoms with E-state index >= 15 is 0 Å². The molecule has 0 saturated carbocycles. The second-order valence-corrected chi connectivity index (χ2v) is 6.12. The van der Waals surface area contributed by atoms with Crippen molar-refractivity contribution in [1.82, 2.24) is 24.7 Å². The van der Waals surface area contributed by atoms with Crippen LogP contribution in [0, 0.1) is 0 Å². The SMILES string of the molecule is FC(F)(F)c1ccc(Cn2ccc(-c3cccc(-c4cnccn4)c3)n2)cn1. The smallest absolute Gasteiger partial charge is 0.268 e. The molecule has 0 radical (unpaired) electrons. The van der Waals surface area contributed by atoms with Gasteiger partial charge >= 0.3 is 6.18 Å². The number of alkyl halides is 3. The van der Waals surface area contributed by atoms with Crippen molar-refractivity contribution in [2.75, 3.05) is 0 Å². The Morgan fingerprint density at radius 1 is 0.857 bits per heavy atom. The van der Waals surface area contributed by atoms with Gasteiger partial charge in [0.1, 0.15) is 5.69 Å². The van der Waals surface area contributed by atoms with Crippen molar-refractivity contribution < 1.29 is 13.2 Å². The highest BCUT2D eigenvalue weighted by molar-refractivity contribution is 5.68. The molecule has 0 spiro atoms. The molecule has 140 valence electrons. The Balaban J connectivity index is 1.53. The molecule has 28 heavy (non-hydrogen) atoms. The van der Waals surface area contributed by atoms with Gasteiger partial charge in [0.05, 0.1) is 24.1 Å². The van der Waals surface area contributed by atoms with Crippen LogP contribution in [0.3, 0.4) is 0 Å². The third-order valence-corrected chi connectivity index (χ3v) is 4.12. The third kappa shape index (κ3) is 3.90. The minimum absolute atomic E-state index is 0.328. The van der Waals surface area contributed by atoms with Gasteiger partial charge in [0, 0.05) is 35.9 Å². The number of aromatic nitrogens is 5. The normalized spacial score (nSPS) is 11.5. The molecule has 3 heterocycles. The molecule has 0 aliphatic heterocycles. The van der Waals surface area contributed by atoms with Gasteiger partial charge in [-0.25, -0.2) is 0 Å². The highest BCUT2D eigenvalue weighted by Crippen LogP contribution is 2.27. The summed E-state index contributed by atoms with van der Waals surface area (Å²) in [5, 5.41) is 4.51. The lowest BCUT2D eigenvalue weighted by atomic mass is 10.1. The average Bonchev–Trinajstić information content (AvgIpc) is 3.17. The van der Waals surface area contributed by atoms with Gasteiger partial charge in [-0.2, -0.15) is 18.3 Å². The van der Waals surface area contributed by atoms with Crippen molar-refractivity contribution in [3.8, 4) is 22.5 Å². The topological polar surface area (TPSA) is 56.5 Å². The number of benzene rings is 1. The van der Waals surface area contributed by atoms with Crippen LogP contribution >= 0.6 is 0 Å². The maximum atomic E-state index is 12.6. The first-order valence-corrected chi connectivity index (χ1v) is 8.41. The van der Waals surface area contributed by atoms with E-state index < -0.39 is 11.9 Å². The summed E-state index contributed by atoms with van der Waals surface area (Å²) in [5.41, 5.74) is 3.08. The lowest BCUT2D eigenvalue weighted by molar-refractivity contribution is -0.141. The van der Waals surface area contributed by atoms with Gasteiger partial charge in [-0.05, 0) is 23.8 Å². The first-order valence-electron chi connectivity index (χ1n) is 8.41. The van der Waals surface area contributed by atoms with Crippen LogP contribution in [0.2, 0.25) is 0 Å². The monoisotopic (exact) mass is 381 g/mol. The second kappa shape index (κ2) is 7.22. The van der Waals surface area contributed by atoms with Crippen molar-refractivity contribution in [3.05, 3.63) is 84.7 Å². The first-order chi connectivity index (χ1) is 13.5.